The Morgan fingerprint density at radius 2 is 1.88 bits per heavy atom. The minimum Gasteiger partial charge on any atom is -0.496 e. The highest BCUT2D eigenvalue weighted by molar-refractivity contribution is 7.98. The topological polar surface area (TPSA) is 76.8 Å². The summed E-state index contributed by atoms with van der Waals surface area (Å²) >= 11 is 1.49. The first kappa shape index (κ1) is 16.4. The van der Waals surface area contributed by atoms with E-state index >= 15 is 0 Å². The van der Waals surface area contributed by atoms with Crippen LogP contribution in [0, 0.1) is 0 Å². The Balaban J connectivity index is 1.45. The number of nitrogens with one attached hydrogen (secondary N) is 1. The van der Waals surface area contributed by atoms with Gasteiger partial charge in [0.15, 0.2) is 5.82 Å². The summed E-state index contributed by atoms with van der Waals surface area (Å²) in [6.45, 7) is 0. The number of nitrogens with zero attached hydrogens (tertiary/aromatic N) is 3. The average molecular weight is 364 g/mol. The Morgan fingerprint density at radius 3 is 2.73 bits per heavy atom. The Hall–Kier alpha value is -3.06. The van der Waals surface area contributed by atoms with Crippen LogP contribution in [0.2, 0.25) is 0 Å². The van der Waals surface area contributed by atoms with E-state index in [1.54, 1.807) is 7.11 Å². The monoisotopic (exact) mass is 364 g/mol. The molecule has 0 atom stereocenters. The fourth-order valence-corrected chi connectivity index (χ4v) is 3.21. The number of hydrogen-bond donors (Lipinski definition) is 1. The van der Waals surface area contributed by atoms with Crippen LogP contribution in [0.3, 0.4) is 0 Å². The van der Waals surface area contributed by atoms with Crippen molar-refractivity contribution in [3.63, 3.8) is 0 Å². The van der Waals surface area contributed by atoms with Crippen molar-refractivity contribution in [2.75, 3.05) is 7.11 Å². The van der Waals surface area contributed by atoms with E-state index in [1.807, 2.05) is 60.7 Å². The van der Waals surface area contributed by atoms with Crippen molar-refractivity contribution in [2.24, 2.45) is 0 Å². The smallest absolute Gasteiger partial charge is 0.209 e. The molecule has 4 aromatic rings. The molecule has 26 heavy (non-hydrogen) atoms. The van der Waals surface area contributed by atoms with E-state index in [9.17, 15) is 0 Å². The highest BCUT2D eigenvalue weighted by Gasteiger charge is 2.12. The first-order chi connectivity index (χ1) is 12.8. The van der Waals surface area contributed by atoms with E-state index in [0.29, 0.717) is 10.9 Å². The van der Waals surface area contributed by atoms with Crippen LogP contribution in [-0.4, -0.2) is 27.4 Å². The number of rotatable bonds is 6. The van der Waals surface area contributed by atoms with Gasteiger partial charge in [0.25, 0.3) is 0 Å². The standard InChI is InChI=1S/C19H16N4O2S/c1-24-17-10-6-5-9-15(17)16-11-14(25-23-16)12-26-19-20-18(21-22-19)13-7-3-2-4-8-13/h2-11H,12H2,1H3,(H,20,21,22). The zero-order valence-electron chi connectivity index (χ0n) is 14.0. The number of para-hydroxylation sites is 1. The van der Waals surface area contributed by atoms with Crippen LogP contribution in [0.25, 0.3) is 22.6 Å². The first-order valence-corrected chi connectivity index (χ1v) is 9.01. The predicted molar refractivity (Wildman–Crippen MR) is 99.9 cm³/mol. The Morgan fingerprint density at radius 1 is 1.08 bits per heavy atom. The van der Waals surface area contributed by atoms with Crippen molar-refractivity contribution in [1.82, 2.24) is 20.3 Å². The van der Waals surface area contributed by atoms with Crippen molar-refractivity contribution < 1.29 is 9.26 Å². The molecule has 0 aliphatic heterocycles. The maximum Gasteiger partial charge on any atom is 0.209 e. The van der Waals surface area contributed by atoms with Gasteiger partial charge in [0.05, 0.1) is 12.9 Å². The van der Waals surface area contributed by atoms with Crippen molar-refractivity contribution in [3.8, 4) is 28.4 Å². The lowest BCUT2D eigenvalue weighted by Gasteiger charge is -2.03. The molecule has 6 nitrogen and oxygen atoms in total. The van der Waals surface area contributed by atoms with Crippen LogP contribution in [0.15, 0.2) is 70.3 Å². The van der Waals surface area contributed by atoms with Crippen LogP contribution in [-0.2, 0) is 5.75 Å². The molecule has 0 unspecified atom stereocenters. The minimum absolute atomic E-state index is 0.592. The molecule has 0 aliphatic carbocycles. The Bertz CT molecular complexity index is 997. The molecule has 2 aromatic carbocycles. The van der Waals surface area contributed by atoms with Gasteiger partial charge >= 0.3 is 0 Å². The number of H-pyrrole nitrogens is 1. The molecule has 0 spiro atoms. The molecular formula is C19H16N4O2S. The van der Waals surface area contributed by atoms with Gasteiger partial charge in [-0.25, -0.2) is 4.98 Å². The fraction of sp³-hybridized carbons (Fsp3) is 0.105. The van der Waals surface area contributed by atoms with Crippen LogP contribution < -0.4 is 4.74 Å². The molecule has 0 amide bonds. The molecule has 1 N–H and O–H groups in total. The first-order valence-electron chi connectivity index (χ1n) is 8.03. The van der Waals surface area contributed by atoms with Gasteiger partial charge in [-0.3, -0.25) is 5.10 Å². The quantitative estimate of drug-likeness (QED) is 0.510. The molecule has 4 rings (SSSR count). The second-order valence-corrected chi connectivity index (χ2v) is 6.44. The number of methoxy groups -OCH3 is 1. The SMILES string of the molecule is COc1ccccc1-c1cc(CSc2n[nH]c(-c3ccccc3)n2)on1. The van der Waals surface area contributed by atoms with Crippen LogP contribution >= 0.6 is 11.8 Å². The van der Waals surface area contributed by atoms with Gasteiger partial charge in [-0.15, -0.1) is 5.10 Å². The molecule has 0 bridgehead atoms. The fourth-order valence-electron chi connectivity index (χ4n) is 2.54. The molecule has 0 fully saturated rings. The summed E-state index contributed by atoms with van der Waals surface area (Å²) in [4.78, 5) is 4.50. The zero-order valence-corrected chi connectivity index (χ0v) is 14.9. The molecular weight excluding hydrogens is 348 g/mol. The number of aromatic amines is 1. The molecule has 0 aliphatic rings. The third kappa shape index (κ3) is 3.48. The van der Waals surface area contributed by atoms with Gasteiger partial charge in [-0.05, 0) is 12.1 Å². The molecule has 7 heteroatoms. The highest BCUT2D eigenvalue weighted by Crippen LogP contribution is 2.30. The third-order valence-electron chi connectivity index (χ3n) is 3.80. The minimum atomic E-state index is 0.592. The lowest BCUT2D eigenvalue weighted by Crippen LogP contribution is -1.86. The van der Waals surface area contributed by atoms with Crippen LogP contribution in [0.1, 0.15) is 5.76 Å². The van der Waals surface area contributed by atoms with Crippen molar-refractivity contribution in [2.45, 2.75) is 10.9 Å². The molecule has 0 saturated carbocycles. The van der Waals surface area contributed by atoms with Gasteiger partial charge < -0.3 is 9.26 Å². The molecule has 0 saturated heterocycles. The second kappa shape index (κ2) is 7.45. The number of hydrogen-bond acceptors (Lipinski definition) is 6. The predicted octanol–water partition coefficient (Wildman–Crippen LogP) is 4.43. The maximum atomic E-state index is 5.44. The summed E-state index contributed by atoms with van der Waals surface area (Å²) in [5.41, 5.74) is 2.65. The number of thioether (sulfide) groups is 1. The van der Waals surface area contributed by atoms with Crippen LogP contribution in [0.4, 0.5) is 0 Å². The van der Waals surface area contributed by atoms with E-state index in [-0.39, 0.29) is 0 Å². The highest BCUT2D eigenvalue weighted by atomic mass is 32.2. The number of benzene rings is 2. The summed E-state index contributed by atoms with van der Waals surface area (Å²) in [5, 5.41) is 12.0. The summed E-state index contributed by atoms with van der Waals surface area (Å²) in [5.74, 6) is 2.86. The second-order valence-electron chi connectivity index (χ2n) is 5.50. The van der Waals surface area contributed by atoms with E-state index in [1.165, 1.54) is 11.8 Å². The van der Waals surface area contributed by atoms with E-state index in [2.05, 4.69) is 20.3 Å². The average Bonchev–Trinajstić information content (AvgIpc) is 3.36. The molecule has 2 aromatic heterocycles. The van der Waals surface area contributed by atoms with Gasteiger partial charge in [0.1, 0.15) is 17.2 Å². The summed E-state index contributed by atoms with van der Waals surface area (Å²) in [6, 6.07) is 19.5. The van der Waals surface area contributed by atoms with Gasteiger partial charge in [-0.2, -0.15) is 0 Å². The van der Waals surface area contributed by atoms with E-state index in [4.69, 9.17) is 9.26 Å². The van der Waals surface area contributed by atoms with Crippen LogP contribution in [0.5, 0.6) is 5.75 Å². The normalized spacial score (nSPS) is 10.8. The molecule has 130 valence electrons. The van der Waals surface area contributed by atoms with Gasteiger partial charge in [0.2, 0.25) is 5.16 Å². The third-order valence-corrected chi connectivity index (χ3v) is 4.67. The number of ether oxygens (including phenoxy) is 1. The van der Waals surface area contributed by atoms with Gasteiger partial charge in [0, 0.05) is 17.2 Å². The molecule has 2 heterocycles. The maximum absolute atomic E-state index is 5.44. The lowest BCUT2D eigenvalue weighted by molar-refractivity contribution is 0.395. The Labute approximate surface area is 154 Å². The van der Waals surface area contributed by atoms with Gasteiger partial charge in [-0.1, -0.05) is 59.4 Å². The van der Waals surface area contributed by atoms with E-state index in [0.717, 1.165) is 34.2 Å². The van der Waals surface area contributed by atoms with Crippen molar-refractivity contribution in [3.05, 3.63) is 66.4 Å². The molecule has 0 radical (unpaired) electrons. The largest absolute Gasteiger partial charge is 0.496 e. The van der Waals surface area contributed by atoms with Crippen molar-refractivity contribution in [1.29, 1.82) is 0 Å². The number of aromatic nitrogens is 4. The Kier molecular flexibility index (Phi) is 4.70. The lowest BCUT2D eigenvalue weighted by atomic mass is 10.1. The summed E-state index contributed by atoms with van der Waals surface area (Å²) < 4.78 is 10.8. The summed E-state index contributed by atoms with van der Waals surface area (Å²) in [6.07, 6.45) is 0. The zero-order chi connectivity index (χ0) is 17.8. The summed E-state index contributed by atoms with van der Waals surface area (Å²) in [7, 11) is 1.64. The van der Waals surface area contributed by atoms with E-state index < -0.39 is 0 Å². The van der Waals surface area contributed by atoms with Crippen molar-refractivity contribution >= 4 is 11.8 Å².